The van der Waals surface area contributed by atoms with E-state index < -0.39 is 0 Å². The molecule has 0 aliphatic rings. The summed E-state index contributed by atoms with van der Waals surface area (Å²) >= 11 is 0. The van der Waals surface area contributed by atoms with E-state index in [0.29, 0.717) is 23.7 Å². The monoisotopic (exact) mass is 249 g/mol. The Morgan fingerprint density at radius 3 is 2.33 bits per heavy atom. The molecule has 0 spiro atoms. The zero-order valence-corrected chi connectivity index (χ0v) is 11.4. The van der Waals surface area contributed by atoms with Crippen molar-refractivity contribution in [1.82, 2.24) is 4.90 Å². The van der Waals surface area contributed by atoms with Gasteiger partial charge < -0.3 is 16.4 Å². The first-order chi connectivity index (χ1) is 8.41. The molecule has 100 valence electrons. The molecule has 0 aliphatic heterocycles. The predicted octanol–water partition coefficient (Wildman–Crippen LogP) is 1.71. The highest BCUT2D eigenvalue weighted by Gasteiger charge is 2.14. The largest absolute Gasteiger partial charge is 0.399 e. The third kappa shape index (κ3) is 4.04. The fraction of sp³-hybridized carbons (Fsp3) is 0.500. The van der Waals surface area contributed by atoms with Crippen LogP contribution in [0.4, 0.5) is 5.69 Å². The van der Waals surface area contributed by atoms with Gasteiger partial charge in [-0.05, 0) is 36.6 Å². The quantitative estimate of drug-likeness (QED) is 0.780. The Balaban J connectivity index is 2.54. The molecule has 0 aliphatic carbocycles. The van der Waals surface area contributed by atoms with Crippen LogP contribution in [0.3, 0.4) is 0 Å². The summed E-state index contributed by atoms with van der Waals surface area (Å²) in [4.78, 5) is 13.8. The highest BCUT2D eigenvalue weighted by Crippen LogP contribution is 2.09. The molecule has 0 saturated carbocycles. The van der Waals surface area contributed by atoms with E-state index >= 15 is 0 Å². The highest BCUT2D eigenvalue weighted by molar-refractivity contribution is 5.94. The van der Waals surface area contributed by atoms with E-state index in [0.717, 1.165) is 6.42 Å². The highest BCUT2D eigenvalue weighted by atomic mass is 16.2. The number of nitrogens with zero attached hydrogens (tertiary/aromatic N) is 1. The van der Waals surface area contributed by atoms with Crippen molar-refractivity contribution in [3.63, 3.8) is 0 Å². The van der Waals surface area contributed by atoms with Crippen LogP contribution in [-0.4, -0.2) is 30.4 Å². The van der Waals surface area contributed by atoms with Gasteiger partial charge in [0, 0.05) is 30.9 Å². The van der Waals surface area contributed by atoms with Crippen LogP contribution < -0.4 is 11.5 Å². The molecule has 18 heavy (non-hydrogen) atoms. The molecule has 0 radical (unpaired) electrons. The van der Waals surface area contributed by atoms with Crippen LogP contribution in [0.2, 0.25) is 0 Å². The Kier molecular flexibility index (Phi) is 5.16. The zero-order chi connectivity index (χ0) is 13.7. The second-order valence-corrected chi connectivity index (χ2v) is 5.05. The van der Waals surface area contributed by atoms with Crippen LogP contribution in [0.15, 0.2) is 24.3 Å². The number of carbonyl (C=O) groups excluding carboxylic acids is 1. The van der Waals surface area contributed by atoms with Crippen LogP contribution in [-0.2, 0) is 0 Å². The van der Waals surface area contributed by atoms with Gasteiger partial charge in [-0.3, -0.25) is 4.79 Å². The summed E-state index contributed by atoms with van der Waals surface area (Å²) in [6, 6.07) is 7.10. The topological polar surface area (TPSA) is 72.3 Å². The van der Waals surface area contributed by atoms with E-state index in [1.807, 2.05) is 0 Å². The zero-order valence-electron chi connectivity index (χ0n) is 11.4. The lowest BCUT2D eigenvalue weighted by Gasteiger charge is -2.21. The molecule has 4 N–H and O–H groups in total. The van der Waals surface area contributed by atoms with Crippen LogP contribution in [0.1, 0.15) is 30.6 Å². The Bertz CT molecular complexity index is 387. The maximum atomic E-state index is 12.1. The molecule has 1 unspecified atom stereocenters. The molecular weight excluding hydrogens is 226 g/mol. The minimum atomic E-state index is 0.00551. The van der Waals surface area contributed by atoms with Gasteiger partial charge in [-0.1, -0.05) is 13.8 Å². The molecule has 1 aromatic rings. The van der Waals surface area contributed by atoms with Gasteiger partial charge in [0.25, 0.3) is 5.91 Å². The fourth-order valence-corrected chi connectivity index (χ4v) is 1.62. The van der Waals surface area contributed by atoms with E-state index in [2.05, 4.69) is 13.8 Å². The van der Waals surface area contributed by atoms with Gasteiger partial charge in [0.1, 0.15) is 0 Å². The molecule has 0 heterocycles. The summed E-state index contributed by atoms with van der Waals surface area (Å²) in [6.45, 7) is 4.85. The molecular formula is C14H23N3O. The van der Waals surface area contributed by atoms with E-state index in [4.69, 9.17) is 11.5 Å². The summed E-state index contributed by atoms with van der Waals surface area (Å²) in [5.41, 5.74) is 12.9. The molecule has 1 amide bonds. The molecule has 4 heteroatoms. The van der Waals surface area contributed by atoms with Gasteiger partial charge in [0.15, 0.2) is 0 Å². The molecule has 0 bridgehead atoms. The first-order valence-electron chi connectivity index (χ1n) is 6.28. The van der Waals surface area contributed by atoms with Gasteiger partial charge in [-0.25, -0.2) is 0 Å². The number of hydrogen-bond donors (Lipinski definition) is 2. The smallest absolute Gasteiger partial charge is 0.253 e. The first-order valence-corrected chi connectivity index (χ1v) is 6.28. The SMILES string of the molecule is CC(C)C(N)CCN(C)C(=O)c1ccc(N)cc1. The van der Waals surface area contributed by atoms with Gasteiger partial charge in [-0.2, -0.15) is 0 Å². The van der Waals surface area contributed by atoms with E-state index in [1.54, 1.807) is 36.2 Å². The third-order valence-corrected chi connectivity index (χ3v) is 3.16. The van der Waals surface area contributed by atoms with Crippen LogP contribution in [0, 0.1) is 5.92 Å². The number of amides is 1. The summed E-state index contributed by atoms with van der Waals surface area (Å²) in [5, 5.41) is 0. The number of benzene rings is 1. The normalized spacial score (nSPS) is 12.5. The number of anilines is 1. The minimum absolute atomic E-state index is 0.00551. The summed E-state index contributed by atoms with van der Waals surface area (Å²) < 4.78 is 0. The van der Waals surface area contributed by atoms with E-state index in [9.17, 15) is 4.79 Å². The third-order valence-electron chi connectivity index (χ3n) is 3.16. The molecule has 1 aromatic carbocycles. The van der Waals surface area contributed by atoms with Crippen molar-refractivity contribution in [3.8, 4) is 0 Å². The lowest BCUT2D eigenvalue weighted by molar-refractivity contribution is 0.0789. The summed E-state index contributed by atoms with van der Waals surface area (Å²) in [7, 11) is 1.80. The molecule has 1 rings (SSSR count). The number of rotatable bonds is 5. The average molecular weight is 249 g/mol. The number of carbonyl (C=O) groups is 1. The van der Waals surface area contributed by atoms with Crippen LogP contribution >= 0.6 is 0 Å². The van der Waals surface area contributed by atoms with Gasteiger partial charge in [0.05, 0.1) is 0 Å². The Morgan fingerprint density at radius 2 is 1.83 bits per heavy atom. The van der Waals surface area contributed by atoms with Crippen molar-refractivity contribution in [1.29, 1.82) is 0 Å². The van der Waals surface area contributed by atoms with Crippen molar-refractivity contribution in [3.05, 3.63) is 29.8 Å². The molecule has 4 nitrogen and oxygen atoms in total. The summed E-state index contributed by atoms with van der Waals surface area (Å²) in [6.07, 6.45) is 0.814. The minimum Gasteiger partial charge on any atom is -0.399 e. The second-order valence-electron chi connectivity index (χ2n) is 5.05. The number of nitrogens with two attached hydrogens (primary N) is 2. The Morgan fingerprint density at radius 1 is 1.28 bits per heavy atom. The maximum absolute atomic E-state index is 12.1. The lowest BCUT2D eigenvalue weighted by atomic mass is 10.0. The lowest BCUT2D eigenvalue weighted by Crippen LogP contribution is -2.34. The molecule has 0 aromatic heterocycles. The molecule has 1 atom stereocenters. The van der Waals surface area contributed by atoms with Crippen molar-refractivity contribution in [2.75, 3.05) is 19.3 Å². The van der Waals surface area contributed by atoms with Gasteiger partial charge >= 0.3 is 0 Å². The maximum Gasteiger partial charge on any atom is 0.253 e. The fourth-order valence-electron chi connectivity index (χ4n) is 1.62. The predicted molar refractivity (Wildman–Crippen MR) is 75.2 cm³/mol. The number of hydrogen-bond acceptors (Lipinski definition) is 3. The van der Waals surface area contributed by atoms with Crippen molar-refractivity contribution in [2.45, 2.75) is 26.3 Å². The van der Waals surface area contributed by atoms with Crippen molar-refractivity contribution in [2.24, 2.45) is 11.7 Å². The first kappa shape index (κ1) is 14.5. The Labute approximate surface area is 109 Å². The van der Waals surface area contributed by atoms with Crippen LogP contribution in [0.25, 0.3) is 0 Å². The van der Waals surface area contributed by atoms with Crippen molar-refractivity contribution < 1.29 is 4.79 Å². The molecule has 0 saturated heterocycles. The van der Waals surface area contributed by atoms with E-state index in [1.165, 1.54) is 0 Å². The van der Waals surface area contributed by atoms with Gasteiger partial charge in [0.2, 0.25) is 0 Å². The second kappa shape index (κ2) is 6.40. The van der Waals surface area contributed by atoms with Gasteiger partial charge in [-0.15, -0.1) is 0 Å². The van der Waals surface area contributed by atoms with E-state index in [-0.39, 0.29) is 11.9 Å². The standard InChI is InChI=1S/C14H23N3O/c1-10(2)13(16)8-9-17(3)14(18)11-4-6-12(15)7-5-11/h4-7,10,13H,8-9,15-16H2,1-3H3. The molecule has 0 fully saturated rings. The van der Waals surface area contributed by atoms with Crippen LogP contribution in [0.5, 0.6) is 0 Å². The summed E-state index contributed by atoms with van der Waals surface area (Å²) in [5.74, 6) is 0.441. The Hall–Kier alpha value is -1.55. The average Bonchev–Trinajstić information content (AvgIpc) is 2.35. The number of nitrogen functional groups attached to an aromatic ring is 1. The van der Waals surface area contributed by atoms with Crippen molar-refractivity contribution >= 4 is 11.6 Å².